The van der Waals surface area contributed by atoms with Crippen LogP contribution in [0.15, 0.2) is 54.6 Å². The maximum Gasteiger partial charge on any atom is 0.251 e. The molecule has 2 N–H and O–H groups in total. The van der Waals surface area contributed by atoms with Crippen molar-refractivity contribution in [2.75, 3.05) is 13.1 Å². The van der Waals surface area contributed by atoms with Gasteiger partial charge in [-0.3, -0.25) is 4.79 Å². The van der Waals surface area contributed by atoms with Gasteiger partial charge in [0.05, 0.1) is 0 Å². The average molecular weight is 289 g/mol. The monoisotopic (exact) mass is 288 g/mol. The third-order valence-corrected chi connectivity index (χ3v) is 3.08. The molecular weight excluding hydrogens is 272 g/mol. The molecule has 2 aromatic carbocycles. The molecule has 4 heteroatoms. The molecule has 0 aliphatic rings. The van der Waals surface area contributed by atoms with Crippen molar-refractivity contribution >= 4 is 17.5 Å². The molecule has 0 aliphatic heterocycles. The molecule has 3 nitrogen and oxygen atoms in total. The highest BCUT2D eigenvalue weighted by Crippen LogP contribution is 2.09. The summed E-state index contributed by atoms with van der Waals surface area (Å²) in [6.07, 6.45) is 0. The molecule has 0 fully saturated rings. The van der Waals surface area contributed by atoms with Crippen LogP contribution in [-0.2, 0) is 6.54 Å². The summed E-state index contributed by atoms with van der Waals surface area (Å²) < 4.78 is 0. The van der Waals surface area contributed by atoms with E-state index in [2.05, 4.69) is 10.6 Å². The molecule has 0 unspecified atom stereocenters. The first-order valence-corrected chi connectivity index (χ1v) is 6.92. The number of carbonyl (C=O) groups excluding carboxylic acids is 1. The Hall–Kier alpha value is -1.84. The van der Waals surface area contributed by atoms with Gasteiger partial charge in [-0.25, -0.2) is 0 Å². The molecule has 0 radical (unpaired) electrons. The summed E-state index contributed by atoms with van der Waals surface area (Å²) in [5.74, 6) is -0.0462. The summed E-state index contributed by atoms with van der Waals surface area (Å²) in [6.45, 7) is 2.04. The van der Waals surface area contributed by atoms with E-state index >= 15 is 0 Å². The van der Waals surface area contributed by atoms with Crippen LogP contribution < -0.4 is 10.6 Å². The van der Waals surface area contributed by atoms with Crippen molar-refractivity contribution < 1.29 is 4.79 Å². The zero-order valence-corrected chi connectivity index (χ0v) is 11.9. The van der Waals surface area contributed by atoms with Crippen LogP contribution in [0.4, 0.5) is 0 Å². The van der Waals surface area contributed by atoms with E-state index in [1.165, 1.54) is 0 Å². The number of benzene rings is 2. The summed E-state index contributed by atoms with van der Waals surface area (Å²) in [5.41, 5.74) is 1.81. The fourth-order valence-electron chi connectivity index (χ4n) is 1.84. The van der Waals surface area contributed by atoms with Crippen LogP contribution in [0.3, 0.4) is 0 Å². The Kier molecular flexibility index (Phi) is 5.59. The van der Waals surface area contributed by atoms with Crippen LogP contribution in [0.25, 0.3) is 0 Å². The standard InChI is InChI=1S/C16H17ClN2O/c17-15-8-4-5-13(11-15)12-18-9-10-19-16(20)14-6-2-1-3-7-14/h1-8,11,18H,9-10,12H2,(H,19,20). The zero-order valence-electron chi connectivity index (χ0n) is 11.1. The zero-order chi connectivity index (χ0) is 14.2. The second-order valence-corrected chi connectivity index (χ2v) is 4.87. The lowest BCUT2D eigenvalue weighted by atomic mass is 10.2. The normalized spacial score (nSPS) is 10.2. The number of rotatable bonds is 6. The molecule has 1 amide bonds. The molecule has 104 valence electrons. The Labute approximate surface area is 124 Å². The van der Waals surface area contributed by atoms with Crippen molar-refractivity contribution in [3.8, 4) is 0 Å². The number of amides is 1. The summed E-state index contributed by atoms with van der Waals surface area (Å²) in [6, 6.07) is 16.9. The highest BCUT2D eigenvalue weighted by atomic mass is 35.5. The number of halogens is 1. The summed E-state index contributed by atoms with van der Waals surface area (Å²) in [4.78, 5) is 11.8. The quantitative estimate of drug-likeness (QED) is 0.803. The Bertz CT molecular complexity index is 557. The van der Waals surface area contributed by atoms with Crippen LogP contribution >= 0.6 is 11.6 Å². The lowest BCUT2D eigenvalue weighted by molar-refractivity contribution is 0.0954. The summed E-state index contributed by atoms with van der Waals surface area (Å²) in [7, 11) is 0. The first kappa shape index (κ1) is 14.6. The number of nitrogens with one attached hydrogen (secondary N) is 2. The van der Waals surface area contributed by atoms with Crippen LogP contribution in [0, 0.1) is 0 Å². The van der Waals surface area contributed by atoms with E-state index in [4.69, 9.17) is 11.6 Å². The van der Waals surface area contributed by atoms with Crippen LogP contribution in [0.5, 0.6) is 0 Å². The van der Waals surface area contributed by atoms with Crippen LogP contribution in [0.2, 0.25) is 5.02 Å². The Balaban J connectivity index is 1.66. The van der Waals surface area contributed by atoms with Gasteiger partial charge in [-0.2, -0.15) is 0 Å². The van der Waals surface area contributed by atoms with E-state index in [1.54, 1.807) is 12.1 Å². The highest BCUT2D eigenvalue weighted by molar-refractivity contribution is 6.30. The minimum Gasteiger partial charge on any atom is -0.351 e. The van der Waals surface area contributed by atoms with E-state index < -0.39 is 0 Å². The van der Waals surface area contributed by atoms with Crippen molar-refractivity contribution in [1.29, 1.82) is 0 Å². The third kappa shape index (κ3) is 4.68. The molecule has 0 heterocycles. The molecule has 0 atom stereocenters. The molecule has 0 spiro atoms. The van der Waals surface area contributed by atoms with Crippen molar-refractivity contribution in [1.82, 2.24) is 10.6 Å². The van der Waals surface area contributed by atoms with Crippen molar-refractivity contribution in [3.05, 3.63) is 70.7 Å². The lowest BCUT2D eigenvalue weighted by Crippen LogP contribution is -2.31. The second-order valence-electron chi connectivity index (χ2n) is 4.43. The minimum atomic E-state index is -0.0462. The van der Waals surface area contributed by atoms with Gasteiger partial charge in [0, 0.05) is 30.2 Å². The van der Waals surface area contributed by atoms with Gasteiger partial charge in [0.1, 0.15) is 0 Å². The first-order valence-electron chi connectivity index (χ1n) is 6.54. The maximum atomic E-state index is 11.8. The Morgan fingerprint density at radius 3 is 2.55 bits per heavy atom. The molecule has 2 aromatic rings. The summed E-state index contributed by atoms with van der Waals surface area (Å²) >= 11 is 5.91. The SMILES string of the molecule is O=C(NCCNCc1cccc(Cl)c1)c1ccccc1. The van der Waals surface area contributed by atoms with Gasteiger partial charge in [0.15, 0.2) is 0 Å². The Morgan fingerprint density at radius 2 is 1.80 bits per heavy atom. The van der Waals surface area contributed by atoms with E-state index in [1.807, 2.05) is 42.5 Å². The lowest BCUT2D eigenvalue weighted by Gasteiger charge is -2.07. The van der Waals surface area contributed by atoms with Crippen molar-refractivity contribution in [3.63, 3.8) is 0 Å². The first-order chi connectivity index (χ1) is 9.75. The maximum absolute atomic E-state index is 11.8. The predicted molar refractivity (Wildman–Crippen MR) is 81.9 cm³/mol. The molecule has 0 saturated carbocycles. The van der Waals surface area contributed by atoms with Gasteiger partial charge in [0.2, 0.25) is 0 Å². The van der Waals surface area contributed by atoms with Crippen molar-refractivity contribution in [2.24, 2.45) is 0 Å². The van der Waals surface area contributed by atoms with Gasteiger partial charge in [0.25, 0.3) is 5.91 Å². The van der Waals surface area contributed by atoms with Gasteiger partial charge >= 0.3 is 0 Å². The van der Waals surface area contributed by atoms with E-state index in [0.29, 0.717) is 18.7 Å². The smallest absolute Gasteiger partial charge is 0.251 e. The second kappa shape index (κ2) is 7.68. The van der Waals surface area contributed by atoms with Gasteiger partial charge < -0.3 is 10.6 Å². The summed E-state index contributed by atoms with van der Waals surface area (Å²) in [5, 5.41) is 6.87. The van der Waals surface area contributed by atoms with Crippen LogP contribution in [0.1, 0.15) is 15.9 Å². The van der Waals surface area contributed by atoms with E-state index in [9.17, 15) is 4.79 Å². The number of hydrogen-bond donors (Lipinski definition) is 2. The molecule has 0 bridgehead atoms. The topological polar surface area (TPSA) is 41.1 Å². The predicted octanol–water partition coefficient (Wildman–Crippen LogP) is 2.86. The minimum absolute atomic E-state index is 0.0462. The highest BCUT2D eigenvalue weighted by Gasteiger charge is 2.02. The Morgan fingerprint density at radius 1 is 1.00 bits per heavy atom. The molecule has 0 aliphatic carbocycles. The fourth-order valence-corrected chi connectivity index (χ4v) is 2.05. The van der Waals surface area contributed by atoms with Crippen LogP contribution in [-0.4, -0.2) is 19.0 Å². The van der Waals surface area contributed by atoms with Gasteiger partial charge in [-0.15, -0.1) is 0 Å². The van der Waals surface area contributed by atoms with Crippen molar-refractivity contribution in [2.45, 2.75) is 6.54 Å². The average Bonchev–Trinajstić information content (AvgIpc) is 2.48. The molecule has 0 aromatic heterocycles. The molecular formula is C16H17ClN2O. The van der Waals surface area contributed by atoms with E-state index in [0.717, 1.165) is 17.1 Å². The largest absolute Gasteiger partial charge is 0.351 e. The van der Waals surface area contributed by atoms with E-state index in [-0.39, 0.29) is 5.91 Å². The third-order valence-electron chi connectivity index (χ3n) is 2.84. The number of carbonyl (C=O) groups is 1. The molecule has 2 rings (SSSR count). The van der Waals surface area contributed by atoms with Gasteiger partial charge in [-0.1, -0.05) is 41.9 Å². The molecule has 20 heavy (non-hydrogen) atoms. The fraction of sp³-hybridized carbons (Fsp3) is 0.188. The molecule has 0 saturated heterocycles. The number of hydrogen-bond acceptors (Lipinski definition) is 2. The van der Waals surface area contributed by atoms with Gasteiger partial charge in [-0.05, 0) is 29.8 Å².